The number of anilines is 2. The average molecular weight is 323 g/mol. The Morgan fingerprint density at radius 1 is 1.21 bits per heavy atom. The number of rotatable bonds is 4. The molecule has 6 heteroatoms. The Hall–Kier alpha value is -3.04. The van der Waals surface area contributed by atoms with Gasteiger partial charge in [-0.05, 0) is 36.4 Å². The molecule has 0 radical (unpaired) electrons. The summed E-state index contributed by atoms with van der Waals surface area (Å²) in [5.41, 5.74) is 1.71. The molecule has 0 aliphatic carbocycles. The number of carbonyl (C=O) groups is 1. The summed E-state index contributed by atoms with van der Waals surface area (Å²) in [5.74, 6) is -0.00242. The molecule has 1 aliphatic rings. The van der Waals surface area contributed by atoms with E-state index in [1.807, 2.05) is 30.3 Å². The third-order valence-corrected chi connectivity index (χ3v) is 3.70. The molecule has 1 fully saturated rings. The van der Waals surface area contributed by atoms with Crippen LogP contribution in [-0.4, -0.2) is 32.2 Å². The van der Waals surface area contributed by atoms with Crippen molar-refractivity contribution in [3.05, 3.63) is 54.0 Å². The summed E-state index contributed by atoms with van der Waals surface area (Å²) in [4.78, 5) is 14.4. The molecule has 1 aliphatic heterocycles. The second-order valence-corrected chi connectivity index (χ2v) is 5.29. The number of hydrogen-bond donors (Lipinski definition) is 1. The fourth-order valence-electron chi connectivity index (χ4n) is 2.44. The Balaban J connectivity index is 1.66. The Kier molecular flexibility index (Phi) is 4.94. The molecule has 2 aromatic rings. The largest absolute Gasteiger partial charge is 0.465 e. The molecule has 1 aromatic heterocycles. The molecule has 0 unspecified atom stereocenters. The predicted molar refractivity (Wildman–Crippen MR) is 90.4 cm³/mol. The van der Waals surface area contributed by atoms with E-state index >= 15 is 0 Å². The normalized spacial score (nSPS) is 15.0. The molecule has 1 amide bonds. The van der Waals surface area contributed by atoms with Gasteiger partial charge in [0.05, 0.1) is 19.5 Å². The van der Waals surface area contributed by atoms with Gasteiger partial charge in [0.25, 0.3) is 5.91 Å². The number of nitrogens with one attached hydrogen (secondary N) is 1. The number of carbonyl (C=O) groups excluding carboxylic acids is 1. The van der Waals surface area contributed by atoms with E-state index in [1.165, 1.54) is 12.3 Å². The van der Waals surface area contributed by atoms with Crippen LogP contribution in [0, 0.1) is 11.3 Å². The minimum atomic E-state index is -0.465. The highest BCUT2D eigenvalue weighted by atomic mass is 16.5. The van der Waals surface area contributed by atoms with Crippen molar-refractivity contribution in [2.24, 2.45) is 0 Å². The minimum absolute atomic E-state index is 0.0118. The van der Waals surface area contributed by atoms with Gasteiger partial charge < -0.3 is 19.4 Å². The van der Waals surface area contributed by atoms with Crippen LogP contribution in [0.2, 0.25) is 0 Å². The van der Waals surface area contributed by atoms with E-state index in [0.29, 0.717) is 11.4 Å². The van der Waals surface area contributed by atoms with Crippen molar-refractivity contribution in [1.29, 1.82) is 5.26 Å². The molecule has 0 bridgehead atoms. The maximum atomic E-state index is 12.2. The molecule has 3 rings (SSSR count). The van der Waals surface area contributed by atoms with E-state index in [1.54, 1.807) is 12.1 Å². The molecule has 24 heavy (non-hydrogen) atoms. The van der Waals surface area contributed by atoms with Crippen LogP contribution in [0.3, 0.4) is 0 Å². The highest BCUT2D eigenvalue weighted by molar-refractivity contribution is 6.09. The molecular formula is C18H17N3O3. The molecule has 0 atom stereocenters. The van der Waals surface area contributed by atoms with Crippen LogP contribution in [-0.2, 0) is 9.53 Å². The van der Waals surface area contributed by atoms with Crippen LogP contribution in [0.5, 0.6) is 0 Å². The van der Waals surface area contributed by atoms with Crippen LogP contribution >= 0.6 is 0 Å². The van der Waals surface area contributed by atoms with Crippen molar-refractivity contribution >= 4 is 23.4 Å². The summed E-state index contributed by atoms with van der Waals surface area (Å²) >= 11 is 0. The Bertz CT molecular complexity index is 752. The van der Waals surface area contributed by atoms with Crippen molar-refractivity contribution in [1.82, 2.24) is 0 Å². The summed E-state index contributed by atoms with van der Waals surface area (Å²) in [5, 5.41) is 11.9. The van der Waals surface area contributed by atoms with Gasteiger partial charge in [-0.15, -0.1) is 0 Å². The lowest BCUT2D eigenvalue weighted by Gasteiger charge is -2.28. The van der Waals surface area contributed by atoms with Crippen molar-refractivity contribution in [2.45, 2.75) is 0 Å². The molecule has 6 nitrogen and oxygen atoms in total. The van der Waals surface area contributed by atoms with E-state index in [4.69, 9.17) is 14.4 Å². The summed E-state index contributed by atoms with van der Waals surface area (Å²) < 4.78 is 10.5. The summed E-state index contributed by atoms with van der Waals surface area (Å²) in [7, 11) is 0. The molecule has 122 valence electrons. The first-order valence-electron chi connectivity index (χ1n) is 7.66. The van der Waals surface area contributed by atoms with Crippen LogP contribution in [0.4, 0.5) is 11.4 Å². The quantitative estimate of drug-likeness (QED) is 0.691. The van der Waals surface area contributed by atoms with Crippen LogP contribution < -0.4 is 10.2 Å². The van der Waals surface area contributed by atoms with Crippen molar-refractivity contribution in [2.75, 3.05) is 36.5 Å². The molecule has 2 heterocycles. The number of morpholine rings is 1. The zero-order chi connectivity index (χ0) is 16.8. The van der Waals surface area contributed by atoms with Gasteiger partial charge in [-0.25, -0.2) is 0 Å². The molecule has 1 N–H and O–H groups in total. The molecule has 1 aromatic carbocycles. The van der Waals surface area contributed by atoms with Crippen LogP contribution in [0.1, 0.15) is 5.76 Å². The van der Waals surface area contributed by atoms with E-state index in [9.17, 15) is 4.79 Å². The number of nitrogens with zero attached hydrogens (tertiary/aromatic N) is 2. The lowest BCUT2D eigenvalue weighted by atomic mass is 10.2. The second-order valence-electron chi connectivity index (χ2n) is 5.29. The van der Waals surface area contributed by atoms with Gasteiger partial charge in [0, 0.05) is 30.5 Å². The van der Waals surface area contributed by atoms with E-state index in [2.05, 4.69) is 10.2 Å². The molecule has 0 spiro atoms. The summed E-state index contributed by atoms with van der Waals surface area (Å²) in [6.45, 7) is 3.16. The van der Waals surface area contributed by atoms with Crippen molar-refractivity contribution < 1.29 is 13.9 Å². The number of amides is 1. The molecular weight excluding hydrogens is 306 g/mol. The van der Waals surface area contributed by atoms with Crippen molar-refractivity contribution in [3.8, 4) is 6.07 Å². The van der Waals surface area contributed by atoms with Crippen LogP contribution in [0.15, 0.2) is 52.7 Å². The smallest absolute Gasteiger partial charge is 0.266 e. The zero-order valence-corrected chi connectivity index (χ0v) is 13.1. The lowest BCUT2D eigenvalue weighted by molar-refractivity contribution is -0.112. The zero-order valence-electron chi connectivity index (χ0n) is 13.1. The third-order valence-electron chi connectivity index (χ3n) is 3.70. The Morgan fingerprint density at radius 2 is 1.96 bits per heavy atom. The maximum Gasteiger partial charge on any atom is 0.266 e. The van der Waals surface area contributed by atoms with Crippen molar-refractivity contribution in [3.63, 3.8) is 0 Å². The second kappa shape index (κ2) is 7.49. The SMILES string of the molecule is N#C/C(=C/c1ccco1)C(=O)Nc1ccc(N2CCOCC2)cc1. The summed E-state index contributed by atoms with van der Waals surface area (Å²) in [6.07, 6.45) is 2.90. The van der Waals surface area contributed by atoms with Gasteiger partial charge in [0.15, 0.2) is 0 Å². The Morgan fingerprint density at radius 3 is 2.58 bits per heavy atom. The van der Waals surface area contributed by atoms with Gasteiger partial charge in [-0.2, -0.15) is 5.26 Å². The Labute approximate surface area is 139 Å². The number of furan rings is 1. The van der Waals surface area contributed by atoms with Gasteiger partial charge in [-0.3, -0.25) is 4.79 Å². The number of benzene rings is 1. The van der Waals surface area contributed by atoms with Gasteiger partial charge in [0.1, 0.15) is 17.4 Å². The maximum absolute atomic E-state index is 12.2. The average Bonchev–Trinajstić information content (AvgIpc) is 3.14. The molecule has 0 saturated carbocycles. The monoisotopic (exact) mass is 323 g/mol. The van der Waals surface area contributed by atoms with Gasteiger partial charge in [-0.1, -0.05) is 0 Å². The van der Waals surface area contributed by atoms with E-state index < -0.39 is 5.91 Å². The number of hydrogen-bond acceptors (Lipinski definition) is 5. The number of ether oxygens (including phenoxy) is 1. The predicted octanol–water partition coefficient (Wildman–Crippen LogP) is 2.66. The third kappa shape index (κ3) is 3.83. The van der Waals surface area contributed by atoms with Gasteiger partial charge in [0.2, 0.25) is 0 Å². The first-order chi connectivity index (χ1) is 11.8. The molecule has 1 saturated heterocycles. The van der Waals surface area contributed by atoms with E-state index in [0.717, 1.165) is 32.0 Å². The lowest BCUT2D eigenvalue weighted by Crippen LogP contribution is -2.36. The minimum Gasteiger partial charge on any atom is -0.465 e. The first-order valence-corrected chi connectivity index (χ1v) is 7.66. The standard InChI is InChI=1S/C18H17N3O3/c19-13-14(12-17-2-1-9-24-17)18(22)20-15-3-5-16(6-4-15)21-7-10-23-11-8-21/h1-6,9,12H,7-8,10-11H2,(H,20,22)/b14-12-. The highest BCUT2D eigenvalue weighted by Crippen LogP contribution is 2.19. The highest BCUT2D eigenvalue weighted by Gasteiger charge is 2.13. The summed E-state index contributed by atoms with van der Waals surface area (Å²) in [6, 6.07) is 12.8. The van der Waals surface area contributed by atoms with Gasteiger partial charge >= 0.3 is 0 Å². The topological polar surface area (TPSA) is 78.5 Å². The fourth-order valence-corrected chi connectivity index (χ4v) is 2.44. The first kappa shape index (κ1) is 15.8. The van der Waals surface area contributed by atoms with E-state index in [-0.39, 0.29) is 5.57 Å². The van der Waals surface area contributed by atoms with Crippen LogP contribution in [0.25, 0.3) is 6.08 Å². The number of nitriles is 1. The fraction of sp³-hybridized carbons (Fsp3) is 0.222.